The molecule has 0 aliphatic heterocycles. The molecule has 0 aliphatic rings. The number of carbonyl (C=O) groups is 1. The molecule has 7 heteroatoms. The molecule has 0 radical (unpaired) electrons. The molecule has 0 unspecified atom stereocenters. The summed E-state index contributed by atoms with van der Waals surface area (Å²) in [4.78, 5) is 10.6. The fraction of sp³-hybridized carbons (Fsp3) is 0.462. The van der Waals surface area contributed by atoms with Crippen molar-refractivity contribution in [3.8, 4) is 0 Å². The Balaban J connectivity index is 2.29. The maximum Gasteiger partial charge on any atom is 0.389 e. The van der Waals surface area contributed by atoms with Crippen LogP contribution in [0.5, 0.6) is 0 Å². The molecule has 0 aliphatic carbocycles. The lowest BCUT2D eigenvalue weighted by molar-refractivity contribution is -0.135. The topological polar surface area (TPSA) is 49.3 Å². The lowest BCUT2D eigenvalue weighted by Crippen LogP contribution is -2.16. The van der Waals surface area contributed by atoms with Crippen molar-refractivity contribution < 1.29 is 27.5 Å². The maximum atomic E-state index is 13.3. The van der Waals surface area contributed by atoms with E-state index in [1.165, 1.54) is 12.1 Å². The first-order valence-electron chi connectivity index (χ1n) is 6.09. The number of alkyl halides is 3. The summed E-state index contributed by atoms with van der Waals surface area (Å²) in [6, 6.07) is 3.74. The van der Waals surface area contributed by atoms with Gasteiger partial charge in [0.25, 0.3) is 0 Å². The summed E-state index contributed by atoms with van der Waals surface area (Å²) in [5.74, 6) is -2.16. The van der Waals surface area contributed by atoms with E-state index in [0.29, 0.717) is 18.5 Å². The minimum atomic E-state index is -4.13. The number of aromatic carboxylic acids is 1. The number of benzene rings is 1. The van der Waals surface area contributed by atoms with Crippen LogP contribution >= 0.6 is 0 Å². The van der Waals surface area contributed by atoms with Gasteiger partial charge >= 0.3 is 12.1 Å². The van der Waals surface area contributed by atoms with Gasteiger partial charge in [0.05, 0.1) is 5.56 Å². The van der Waals surface area contributed by atoms with Crippen molar-refractivity contribution in [1.29, 1.82) is 0 Å². The van der Waals surface area contributed by atoms with Crippen LogP contribution in [0, 0.1) is 5.82 Å². The molecular formula is C13H15F4NO2. The molecule has 3 nitrogen and oxygen atoms in total. The van der Waals surface area contributed by atoms with E-state index in [9.17, 15) is 22.4 Å². The molecule has 0 heterocycles. The van der Waals surface area contributed by atoms with Gasteiger partial charge in [-0.05, 0) is 37.1 Å². The normalized spacial score (nSPS) is 11.6. The molecule has 0 saturated heterocycles. The highest BCUT2D eigenvalue weighted by Gasteiger charge is 2.25. The van der Waals surface area contributed by atoms with Crippen molar-refractivity contribution in [1.82, 2.24) is 5.32 Å². The summed E-state index contributed by atoms with van der Waals surface area (Å²) in [6.45, 7) is 0.668. The zero-order valence-corrected chi connectivity index (χ0v) is 10.6. The van der Waals surface area contributed by atoms with E-state index >= 15 is 0 Å². The first kappa shape index (κ1) is 16.4. The fourth-order valence-corrected chi connectivity index (χ4v) is 1.65. The predicted molar refractivity (Wildman–Crippen MR) is 65.0 cm³/mol. The third-order valence-electron chi connectivity index (χ3n) is 2.66. The number of halogens is 4. The van der Waals surface area contributed by atoms with Gasteiger partial charge in [0.2, 0.25) is 0 Å². The molecule has 2 N–H and O–H groups in total. The number of unbranched alkanes of at least 4 members (excludes halogenated alkanes) is 1. The van der Waals surface area contributed by atoms with Crippen LogP contribution in [0.1, 0.15) is 35.2 Å². The number of hydrogen-bond acceptors (Lipinski definition) is 2. The Morgan fingerprint density at radius 2 is 1.95 bits per heavy atom. The highest BCUT2D eigenvalue weighted by atomic mass is 19.4. The first-order valence-corrected chi connectivity index (χ1v) is 6.09. The molecule has 20 heavy (non-hydrogen) atoms. The fourth-order valence-electron chi connectivity index (χ4n) is 1.65. The first-order chi connectivity index (χ1) is 9.29. The van der Waals surface area contributed by atoms with Crippen LogP contribution in [0.25, 0.3) is 0 Å². The van der Waals surface area contributed by atoms with Crippen LogP contribution < -0.4 is 5.32 Å². The highest BCUT2D eigenvalue weighted by molar-refractivity contribution is 5.87. The van der Waals surface area contributed by atoms with Gasteiger partial charge in [0.1, 0.15) is 5.82 Å². The zero-order chi connectivity index (χ0) is 15.2. The Bertz CT molecular complexity index is 460. The summed E-state index contributed by atoms with van der Waals surface area (Å²) >= 11 is 0. The van der Waals surface area contributed by atoms with Gasteiger partial charge < -0.3 is 10.4 Å². The van der Waals surface area contributed by atoms with Crippen LogP contribution in [0.2, 0.25) is 0 Å². The predicted octanol–water partition coefficient (Wildman–Crippen LogP) is 3.35. The minimum Gasteiger partial charge on any atom is -0.478 e. The highest BCUT2D eigenvalue weighted by Crippen LogP contribution is 2.21. The monoisotopic (exact) mass is 293 g/mol. The van der Waals surface area contributed by atoms with Crippen molar-refractivity contribution in [2.24, 2.45) is 0 Å². The molecule has 0 spiro atoms. The molecule has 0 bridgehead atoms. The van der Waals surface area contributed by atoms with E-state index in [1.54, 1.807) is 0 Å². The summed E-state index contributed by atoms with van der Waals surface area (Å²) in [7, 11) is 0. The molecular weight excluding hydrogens is 278 g/mol. The number of carboxylic acids is 1. The Labute approximate surface area is 113 Å². The van der Waals surface area contributed by atoms with Gasteiger partial charge in [-0.1, -0.05) is 6.07 Å². The van der Waals surface area contributed by atoms with Crippen molar-refractivity contribution >= 4 is 5.97 Å². The summed E-state index contributed by atoms with van der Waals surface area (Å²) in [5, 5.41) is 11.5. The van der Waals surface area contributed by atoms with Gasteiger partial charge in [0.15, 0.2) is 0 Å². The number of hydrogen-bond donors (Lipinski definition) is 2. The Morgan fingerprint density at radius 3 is 2.50 bits per heavy atom. The second kappa shape index (κ2) is 7.23. The average molecular weight is 293 g/mol. The Hall–Kier alpha value is -1.63. The van der Waals surface area contributed by atoms with E-state index < -0.39 is 29.9 Å². The molecule has 1 aromatic carbocycles. The smallest absolute Gasteiger partial charge is 0.389 e. The molecule has 0 amide bonds. The lowest BCUT2D eigenvalue weighted by atomic mass is 10.1. The Morgan fingerprint density at radius 1 is 1.25 bits per heavy atom. The number of carboxylic acid groups (broad SMARTS) is 1. The molecule has 1 aromatic rings. The van der Waals surface area contributed by atoms with Crippen LogP contribution in [0.3, 0.4) is 0 Å². The van der Waals surface area contributed by atoms with Crippen LogP contribution in [0.4, 0.5) is 17.6 Å². The van der Waals surface area contributed by atoms with Gasteiger partial charge in [-0.3, -0.25) is 0 Å². The molecule has 1 rings (SSSR count). The third-order valence-corrected chi connectivity index (χ3v) is 2.66. The Kier molecular flexibility index (Phi) is 5.94. The van der Waals surface area contributed by atoms with Gasteiger partial charge in [0, 0.05) is 13.0 Å². The van der Waals surface area contributed by atoms with E-state index in [1.807, 2.05) is 0 Å². The summed E-state index contributed by atoms with van der Waals surface area (Å²) < 4.78 is 48.9. The van der Waals surface area contributed by atoms with Gasteiger partial charge in [-0.15, -0.1) is 0 Å². The molecule has 0 aromatic heterocycles. The number of nitrogens with one attached hydrogen (secondary N) is 1. The van der Waals surface area contributed by atoms with Crippen molar-refractivity contribution in [3.05, 3.63) is 35.1 Å². The van der Waals surface area contributed by atoms with E-state index in [2.05, 4.69) is 5.32 Å². The van der Waals surface area contributed by atoms with E-state index in [-0.39, 0.29) is 13.0 Å². The standard InChI is InChI=1S/C13H15F4NO2/c14-11-7-9(3-4-10(11)12(19)20)8-18-6-2-1-5-13(15,16)17/h3-4,7,18H,1-2,5-6,8H2,(H,19,20). The number of rotatable bonds is 7. The molecule has 0 saturated carbocycles. The van der Waals surface area contributed by atoms with Crippen molar-refractivity contribution in [2.45, 2.75) is 32.0 Å². The minimum absolute atomic E-state index is 0.0445. The van der Waals surface area contributed by atoms with E-state index in [0.717, 1.165) is 6.07 Å². The van der Waals surface area contributed by atoms with Gasteiger partial charge in [-0.2, -0.15) is 13.2 Å². The second-order valence-corrected chi connectivity index (χ2v) is 4.37. The second-order valence-electron chi connectivity index (χ2n) is 4.37. The quantitative estimate of drug-likeness (QED) is 0.599. The molecule has 0 atom stereocenters. The van der Waals surface area contributed by atoms with Crippen molar-refractivity contribution in [3.63, 3.8) is 0 Å². The third kappa shape index (κ3) is 6.01. The largest absolute Gasteiger partial charge is 0.478 e. The maximum absolute atomic E-state index is 13.3. The summed E-state index contributed by atoms with van der Waals surface area (Å²) in [6.07, 6.45) is -4.52. The summed E-state index contributed by atoms with van der Waals surface area (Å²) in [5.41, 5.74) is 0.141. The van der Waals surface area contributed by atoms with Crippen LogP contribution in [0.15, 0.2) is 18.2 Å². The van der Waals surface area contributed by atoms with Crippen molar-refractivity contribution in [2.75, 3.05) is 6.54 Å². The zero-order valence-electron chi connectivity index (χ0n) is 10.6. The average Bonchev–Trinajstić information content (AvgIpc) is 2.32. The van der Waals surface area contributed by atoms with Gasteiger partial charge in [-0.25, -0.2) is 9.18 Å². The molecule has 112 valence electrons. The lowest BCUT2D eigenvalue weighted by Gasteiger charge is -2.07. The van der Waals surface area contributed by atoms with E-state index in [4.69, 9.17) is 5.11 Å². The van der Waals surface area contributed by atoms with Crippen LogP contribution in [-0.2, 0) is 6.54 Å². The SMILES string of the molecule is O=C(O)c1ccc(CNCCCCC(F)(F)F)cc1F. The van der Waals surface area contributed by atoms with Crippen LogP contribution in [-0.4, -0.2) is 23.8 Å². The molecule has 0 fully saturated rings.